The van der Waals surface area contributed by atoms with Crippen molar-refractivity contribution in [2.75, 3.05) is 19.7 Å². The molecule has 4 nitrogen and oxygen atoms in total. The van der Waals surface area contributed by atoms with Crippen LogP contribution in [-0.2, 0) is 4.74 Å². The summed E-state index contributed by atoms with van der Waals surface area (Å²) in [4.78, 5) is 13.8. The molecular weight excluding hydrogens is 266 g/mol. The van der Waals surface area contributed by atoms with E-state index < -0.39 is 5.97 Å². The number of para-hydroxylation sites is 1. The van der Waals surface area contributed by atoms with Gasteiger partial charge in [-0.2, -0.15) is 0 Å². The van der Waals surface area contributed by atoms with Crippen LogP contribution in [0.4, 0.5) is 0 Å². The number of quaternary nitrogens is 1. The summed E-state index contributed by atoms with van der Waals surface area (Å²) in [5.41, 5.74) is 0.265. The molecule has 1 aromatic carbocycles. The summed E-state index contributed by atoms with van der Waals surface area (Å²) in [7, 11) is 0. The molecule has 2 saturated heterocycles. The summed E-state index contributed by atoms with van der Waals surface area (Å²) in [6.07, 6.45) is 6.27. The van der Waals surface area contributed by atoms with Crippen LogP contribution in [-0.4, -0.2) is 36.8 Å². The molecule has 2 fully saturated rings. The van der Waals surface area contributed by atoms with Gasteiger partial charge in [0.25, 0.3) is 0 Å². The highest BCUT2D eigenvalue weighted by molar-refractivity contribution is 5.92. The van der Waals surface area contributed by atoms with E-state index in [4.69, 9.17) is 4.74 Å². The van der Waals surface area contributed by atoms with Gasteiger partial charge >= 0.3 is 5.97 Å². The van der Waals surface area contributed by atoms with E-state index in [1.807, 2.05) is 0 Å². The number of fused-ring (bicyclic) bond motifs is 1. The molecule has 0 spiro atoms. The summed E-state index contributed by atoms with van der Waals surface area (Å²) >= 11 is 0. The molecule has 3 atom stereocenters. The third-order valence-electron chi connectivity index (χ3n) is 4.98. The number of piperidine rings is 2. The van der Waals surface area contributed by atoms with Gasteiger partial charge in [0.2, 0.25) is 0 Å². The van der Waals surface area contributed by atoms with Gasteiger partial charge < -0.3 is 14.7 Å². The standard InChI is InChI=1S/C17H23NO3/c19-16-9-2-1-7-14(16)17(20)21-12-13-6-5-11-18-10-4-3-8-15(13)18/h1-2,7,9,13,15,19H,3-6,8,10-12H2/p+1/t13-,15-/m1/s1. The fourth-order valence-corrected chi connectivity index (χ4v) is 3.88. The largest absolute Gasteiger partial charge is 0.507 e. The zero-order chi connectivity index (χ0) is 14.7. The maximum Gasteiger partial charge on any atom is 0.341 e. The first-order valence-corrected chi connectivity index (χ1v) is 8.05. The Hall–Kier alpha value is -1.55. The highest BCUT2D eigenvalue weighted by Crippen LogP contribution is 2.22. The molecule has 0 saturated carbocycles. The Bertz CT molecular complexity index is 501. The van der Waals surface area contributed by atoms with Crippen LogP contribution < -0.4 is 4.90 Å². The number of esters is 1. The van der Waals surface area contributed by atoms with E-state index >= 15 is 0 Å². The number of ether oxygens (including phenoxy) is 1. The zero-order valence-corrected chi connectivity index (χ0v) is 12.4. The summed E-state index contributed by atoms with van der Waals surface area (Å²) in [6.45, 7) is 3.03. The molecule has 2 heterocycles. The Morgan fingerprint density at radius 2 is 2.00 bits per heavy atom. The summed E-state index contributed by atoms with van der Waals surface area (Å²) in [5.74, 6) is 0.0657. The van der Waals surface area contributed by atoms with E-state index in [-0.39, 0.29) is 11.3 Å². The lowest BCUT2D eigenvalue weighted by Gasteiger charge is -2.40. The Morgan fingerprint density at radius 1 is 1.19 bits per heavy atom. The van der Waals surface area contributed by atoms with Crippen LogP contribution in [0.5, 0.6) is 5.75 Å². The van der Waals surface area contributed by atoms with Gasteiger partial charge in [-0.1, -0.05) is 12.1 Å². The SMILES string of the molecule is O=C(OC[C@H]1CCC[NH+]2CCCC[C@H]12)c1ccccc1O. The van der Waals surface area contributed by atoms with Crippen molar-refractivity contribution in [3.8, 4) is 5.75 Å². The lowest BCUT2D eigenvalue weighted by molar-refractivity contribution is -0.940. The van der Waals surface area contributed by atoms with Crippen molar-refractivity contribution in [1.82, 2.24) is 0 Å². The highest BCUT2D eigenvalue weighted by atomic mass is 16.5. The molecule has 0 amide bonds. The second-order valence-electron chi connectivity index (χ2n) is 6.28. The van der Waals surface area contributed by atoms with Gasteiger partial charge in [0, 0.05) is 5.92 Å². The second kappa shape index (κ2) is 6.48. The molecule has 0 radical (unpaired) electrons. The topological polar surface area (TPSA) is 51.0 Å². The molecule has 0 bridgehead atoms. The molecule has 3 rings (SSSR count). The van der Waals surface area contributed by atoms with E-state index in [0.29, 0.717) is 18.6 Å². The van der Waals surface area contributed by atoms with E-state index in [9.17, 15) is 9.90 Å². The maximum absolute atomic E-state index is 12.1. The molecule has 2 aliphatic rings. The van der Waals surface area contributed by atoms with E-state index in [0.717, 1.165) is 6.42 Å². The number of nitrogens with one attached hydrogen (secondary N) is 1. The number of aromatic hydroxyl groups is 1. The first-order chi connectivity index (χ1) is 10.3. The number of rotatable bonds is 3. The summed E-state index contributed by atoms with van der Waals surface area (Å²) < 4.78 is 5.49. The van der Waals surface area contributed by atoms with Crippen LogP contribution in [0.1, 0.15) is 42.5 Å². The number of phenols is 1. The second-order valence-corrected chi connectivity index (χ2v) is 6.28. The number of hydrogen-bond donors (Lipinski definition) is 2. The van der Waals surface area contributed by atoms with Crippen LogP contribution in [0.2, 0.25) is 0 Å². The lowest BCUT2D eigenvalue weighted by Crippen LogP contribution is -3.18. The van der Waals surface area contributed by atoms with Gasteiger partial charge in [0.15, 0.2) is 0 Å². The molecule has 1 unspecified atom stereocenters. The average Bonchev–Trinajstić information content (AvgIpc) is 2.53. The van der Waals surface area contributed by atoms with Crippen molar-refractivity contribution < 1.29 is 19.5 Å². The number of benzene rings is 1. The van der Waals surface area contributed by atoms with Crippen LogP contribution >= 0.6 is 0 Å². The fraction of sp³-hybridized carbons (Fsp3) is 0.588. The molecule has 4 heteroatoms. The normalized spacial score (nSPS) is 28.7. The Balaban J connectivity index is 1.59. The van der Waals surface area contributed by atoms with Crippen LogP contribution in [0.15, 0.2) is 24.3 Å². The molecule has 114 valence electrons. The Morgan fingerprint density at radius 3 is 2.86 bits per heavy atom. The molecule has 0 aromatic heterocycles. The molecule has 2 aliphatic heterocycles. The van der Waals surface area contributed by atoms with E-state index in [1.54, 1.807) is 23.1 Å². The smallest absolute Gasteiger partial charge is 0.341 e. The maximum atomic E-state index is 12.1. The van der Waals surface area contributed by atoms with Crippen molar-refractivity contribution in [3.05, 3.63) is 29.8 Å². The zero-order valence-electron chi connectivity index (χ0n) is 12.4. The Kier molecular flexibility index (Phi) is 4.44. The Labute approximate surface area is 125 Å². The minimum atomic E-state index is -0.406. The van der Waals surface area contributed by atoms with E-state index in [1.165, 1.54) is 44.8 Å². The molecular formula is C17H24NO3+. The number of carbonyl (C=O) groups is 1. The molecule has 0 aliphatic carbocycles. The summed E-state index contributed by atoms with van der Waals surface area (Å²) in [6, 6.07) is 7.23. The minimum Gasteiger partial charge on any atom is -0.507 e. The van der Waals surface area contributed by atoms with Gasteiger partial charge in [-0.05, 0) is 44.2 Å². The van der Waals surface area contributed by atoms with Crippen molar-refractivity contribution in [2.45, 2.75) is 38.1 Å². The summed E-state index contributed by atoms with van der Waals surface area (Å²) in [5, 5.41) is 9.70. The van der Waals surface area contributed by atoms with E-state index in [2.05, 4.69) is 0 Å². The number of phenolic OH excluding ortho intramolecular Hbond substituents is 1. The van der Waals surface area contributed by atoms with Crippen molar-refractivity contribution in [3.63, 3.8) is 0 Å². The fourth-order valence-electron chi connectivity index (χ4n) is 3.88. The van der Waals surface area contributed by atoms with Gasteiger partial charge in [-0.3, -0.25) is 0 Å². The average molecular weight is 290 g/mol. The van der Waals surface area contributed by atoms with Crippen molar-refractivity contribution in [1.29, 1.82) is 0 Å². The third-order valence-corrected chi connectivity index (χ3v) is 4.98. The van der Waals surface area contributed by atoms with Gasteiger partial charge in [-0.15, -0.1) is 0 Å². The highest BCUT2D eigenvalue weighted by Gasteiger charge is 2.37. The van der Waals surface area contributed by atoms with Gasteiger partial charge in [0.05, 0.1) is 19.1 Å². The van der Waals surface area contributed by atoms with Crippen LogP contribution in [0.3, 0.4) is 0 Å². The number of hydrogen-bond acceptors (Lipinski definition) is 3. The minimum absolute atomic E-state index is 0.00365. The number of carbonyl (C=O) groups excluding carboxylic acids is 1. The molecule has 21 heavy (non-hydrogen) atoms. The van der Waals surface area contributed by atoms with Crippen LogP contribution in [0, 0.1) is 5.92 Å². The van der Waals surface area contributed by atoms with Crippen molar-refractivity contribution >= 4 is 5.97 Å². The lowest BCUT2D eigenvalue weighted by atomic mass is 9.84. The first-order valence-electron chi connectivity index (χ1n) is 8.05. The quantitative estimate of drug-likeness (QED) is 0.827. The molecule has 2 N–H and O–H groups in total. The van der Waals surface area contributed by atoms with Crippen molar-refractivity contribution in [2.24, 2.45) is 5.92 Å². The predicted octanol–water partition coefficient (Wildman–Crippen LogP) is 1.40. The third kappa shape index (κ3) is 3.21. The van der Waals surface area contributed by atoms with Crippen LogP contribution in [0.25, 0.3) is 0 Å². The first kappa shape index (κ1) is 14.4. The van der Waals surface area contributed by atoms with Gasteiger partial charge in [0.1, 0.15) is 17.9 Å². The van der Waals surface area contributed by atoms with Gasteiger partial charge in [-0.25, -0.2) is 4.79 Å². The molecule has 1 aromatic rings. The predicted molar refractivity (Wildman–Crippen MR) is 79.4 cm³/mol. The monoisotopic (exact) mass is 290 g/mol.